The summed E-state index contributed by atoms with van der Waals surface area (Å²) in [6, 6.07) is 12.4. The van der Waals surface area contributed by atoms with Gasteiger partial charge in [0.1, 0.15) is 6.04 Å². The molecule has 9 nitrogen and oxygen atoms in total. The van der Waals surface area contributed by atoms with Gasteiger partial charge >= 0.3 is 5.97 Å². The van der Waals surface area contributed by atoms with Crippen molar-refractivity contribution >= 4 is 57.4 Å². The van der Waals surface area contributed by atoms with Crippen LogP contribution in [0, 0.1) is 0 Å². The summed E-state index contributed by atoms with van der Waals surface area (Å²) in [6.45, 7) is 0. The SMILES string of the molecule is COC(=O)c1nc(NC(=O)C[C@@H]2NC(=O)c3ccccc3NC2=O)sc1-c1ccccc1Cl. The van der Waals surface area contributed by atoms with E-state index in [1.165, 1.54) is 7.11 Å². The number of nitrogens with one attached hydrogen (secondary N) is 3. The number of hydrogen-bond acceptors (Lipinski definition) is 7. The zero-order chi connectivity index (χ0) is 23.5. The molecule has 0 aliphatic carbocycles. The minimum absolute atomic E-state index is 0.00172. The Bertz CT molecular complexity index is 1280. The Hall–Kier alpha value is -3.76. The molecule has 168 valence electrons. The second-order valence-corrected chi connectivity index (χ2v) is 8.39. The van der Waals surface area contributed by atoms with Crippen LogP contribution < -0.4 is 16.0 Å². The molecular weight excluding hydrogens is 468 g/mol. The molecule has 4 rings (SSSR count). The standard InChI is InChI=1S/C22H17ClN4O5S/c1-32-21(31)17-18(11-6-2-4-8-13(11)23)33-22(27-17)26-16(28)10-15-20(30)24-14-9-5-3-7-12(14)19(29)25-15/h2-9,15H,10H2,1H3,(H,24,30)(H,25,29)(H,26,27,28)/t15-/m0/s1. The van der Waals surface area contributed by atoms with Crippen LogP contribution in [0.25, 0.3) is 10.4 Å². The van der Waals surface area contributed by atoms with Crippen LogP contribution in [0.15, 0.2) is 48.5 Å². The zero-order valence-corrected chi connectivity index (χ0v) is 18.8. The fourth-order valence-electron chi connectivity index (χ4n) is 3.25. The Morgan fingerprint density at radius 3 is 2.55 bits per heavy atom. The fraction of sp³-hybridized carbons (Fsp3) is 0.136. The fourth-order valence-corrected chi connectivity index (χ4v) is 4.54. The molecule has 1 aliphatic heterocycles. The van der Waals surface area contributed by atoms with Crippen LogP contribution >= 0.6 is 22.9 Å². The van der Waals surface area contributed by atoms with E-state index in [1.54, 1.807) is 48.5 Å². The van der Waals surface area contributed by atoms with Gasteiger partial charge in [-0.15, -0.1) is 0 Å². The second kappa shape index (κ2) is 9.39. The van der Waals surface area contributed by atoms with Crippen LogP contribution in [0.3, 0.4) is 0 Å². The molecule has 3 aromatic rings. The van der Waals surface area contributed by atoms with E-state index >= 15 is 0 Å². The number of esters is 1. The first-order valence-corrected chi connectivity index (χ1v) is 10.9. The van der Waals surface area contributed by atoms with Crippen molar-refractivity contribution in [2.45, 2.75) is 12.5 Å². The van der Waals surface area contributed by atoms with Crippen molar-refractivity contribution in [3.05, 3.63) is 64.8 Å². The number of nitrogens with zero attached hydrogens (tertiary/aromatic N) is 1. The molecule has 1 atom stereocenters. The number of carbonyl (C=O) groups excluding carboxylic acids is 4. The molecule has 1 aromatic heterocycles. The van der Waals surface area contributed by atoms with Gasteiger partial charge in [0.05, 0.1) is 29.7 Å². The summed E-state index contributed by atoms with van der Waals surface area (Å²) in [7, 11) is 1.22. The number of methoxy groups -OCH3 is 1. The highest BCUT2D eigenvalue weighted by molar-refractivity contribution is 7.19. The summed E-state index contributed by atoms with van der Waals surface area (Å²) in [5, 5.41) is 8.31. The van der Waals surface area contributed by atoms with E-state index in [1.807, 2.05) is 0 Å². The molecule has 0 bridgehead atoms. The molecule has 0 unspecified atom stereocenters. The first-order chi connectivity index (χ1) is 15.9. The molecule has 0 radical (unpaired) electrons. The van der Waals surface area contributed by atoms with Crippen molar-refractivity contribution in [3.8, 4) is 10.4 Å². The molecular formula is C22H17ClN4O5S. The molecule has 0 saturated heterocycles. The van der Waals surface area contributed by atoms with Gasteiger partial charge < -0.3 is 20.7 Å². The summed E-state index contributed by atoms with van der Waals surface area (Å²) in [6.07, 6.45) is -0.333. The maximum atomic E-state index is 12.7. The third-order valence-corrected chi connectivity index (χ3v) is 6.15. The van der Waals surface area contributed by atoms with Gasteiger partial charge in [0.25, 0.3) is 5.91 Å². The molecule has 2 aromatic carbocycles. The lowest BCUT2D eigenvalue weighted by Gasteiger charge is -2.13. The lowest BCUT2D eigenvalue weighted by molar-refractivity contribution is -0.122. The van der Waals surface area contributed by atoms with E-state index in [4.69, 9.17) is 16.3 Å². The van der Waals surface area contributed by atoms with E-state index in [0.29, 0.717) is 26.7 Å². The number of carbonyl (C=O) groups is 4. The summed E-state index contributed by atoms with van der Waals surface area (Å²) in [5.41, 5.74) is 1.24. The number of ether oxygens (including phenoxy) is 1. The molecule has 0 fully saturated rings. The highest BCUT2D eigenvalue weighted by atomic mass is 35.5. The van der Waals surface area contributed by atoms with Gasteiger partial charge in [-0.1, -0.05) is 53.3 Å². The molecule has 2 heterocycles. The first-order valence-electron chi connectivity index (χ1n) is 9.72. The molecule has 3 N–H and O–H groups in total. The highest BCUT2D eigenvalue weighted by Crippen LogP contribution is 2.37. The number of thiazole rings is 1. The number of anilines is 2. The van der Waals surface area contributed by atoms with Crippen molar-refractivity contribution in [1.82, 2.24) is 10.3 Å². The van der Waals surface area contributed by atoms with Crippen molar-refractivity contribution in [2.24, 2.45) is 0 Å². The minimum atomic E-state index is -1.09. The molecule has 1 aliphatic rings. The highest BCUT2D eigenvalue weighted by Gasteiger charge is 2.30. The van der Waals surface area contributed by atoms with Crippen molar-refractivity contribution in [3.63, 3.8) is 0 Å². The number of rotatable bonds is 5. The molecule has 11 heteroatoms. The summed E-state index contributed by atoms with van der Waals surface area (Å²) < 4.78 is 4.80. The van der Waals surface area contributed by atoms with Crippen LogP contribution in [0.5, 0.6) is 0 Å². The molecule has 0 saturated carbocycles. The van der Waals surface area contributed by atoms with Gasteiger partial charge in [-0.3, -0.25) is 14.4 Å². The third-order valence-electron chi connectivity index (χ3n) is 4.81. The third kappa shape index (κ3) is 4.71. The average Bonchev–Trinajstić information content (AvgIpc) is 3.16. The van der Waals surface area contributed by atoms with E-state index < -0.39 is 29.7 Å². The minimum Gasteiger partial charge on any atom is -0.464 e. The number of halogens is 1. The Kier molecular flexibility index (Phi) is 6.38. The maximum Gasteiger partial charge on any atom is 0.358 e. The van der Waals surface area contributed by atoms with Gasteiger partial charge in [0, 0.05) is 10.6 Å². The van der Waals surface area contributed by atoms with Crippen LogP contribution in [0.2, 0.25) is 5.02 Å². The first kappa shape index (κ1) is 22.4. The zero-order valence-electron chi connectivity index (χ0n) is 17.2. The predicted octanol–water partition coefficient (Wildman–Crippen LogP) is 3.33. The van der Waals surface area contributed by atoms with Crippen LogP contribution in [-0.4, -0.2) is 41.8 Å². The summed E-state index contributed by atoms with van der Waals surface area (Å²) in [4.78, 5) is 54.5. The number of hydrogen-bond donors (Lipinski definition) is 3. The number of fused-ring (bicyclic) bond motifs is 1. The van der Waals surface area contributed by atoms with Crippen LogP contribution in [0.1, 0.15) is 27.3 Å². The molecule has 0 spiro atoms. The summed E-state index contributed by atoms with van der Waals surface area (Å²) >= 11 is 7.30. The molecule has 33 heavy (non-hydrogen) atoms. The van der Waals surface area contributed by atoms with Gasteiger partial charge in [-0.2, -0.15) is 0 Å². The summed E-state index contributed by atoms with van der Waals surface area (Å²) in [5.74, 6) is -2.24. The second-order valence-electron chi connectivity index (χ2n) is 6.98. The van der Waals surface area contributed by atoms with E-state index in [-0.39, 0.29) is 17.2 Å². The number of para-hydroxylation sites is 1. The lowest BCUT2D eigenvalue weighted by Crippen LogP contribution is -2.43. The van der Waals surface area contributed by atoms with Gasteiger partial charge in [-0.05, 0) is 18.2 Å². The van der Waals surface area contributed by atoms with Crippen LogP contribution in [0.4, 0.5) is 10.8 Å². The van der Waals surface area contributed by atoms with Gasteiger partial charge in [0.2, 0.25) is 11.8 Å². The Morgan fingerprint density at radius 1 is 1.12 bits per heavy atom. The predicted molar refractivity (Wildman–Crippen MR) is 123 cm³/mol. The van der Waals surface area contributed by atoms with Gasteiger partial charge in [0.15, 0.2) is 10.8 Å². The number of amides is 3. The lowest BCUT2D eigenvalue weighted by atomic mass is 10.1. The van der Waals surface area contributed by atoms with Crippen molar-refractivity contribution < 1.29 is 23.9 Å². The van der Waals surface area contributed by atoms with E-state index in [0.717, 1.165) is 11.3 Å². The van der Waals surface area contributed by atoms with E-state index in [9.17, 15) is 19.2 Å². The quantitative estimate of drug-likeness (QED) is 0.477. The average molecular weight is 485 g/mol. The Labute approximate surface area is 197 Å². The Morgan fingerprint density at radius 2 is 1.82 bits per heavy atom. The number of benzene rings is 2. The van der Waals surface area contributed by atoms with E-state index in [2.05, 4.69) is 20.9 Å². The van der Waals surface area contributed by atoms with Gasteiger partial charge in [-0.25, -0.2) is 9.78 Å². The molecule has 3 amide bonds. The van der Waals surface area contributed by atoms with Crippen molar-refractivity contribution in [2.75, 3.05) is 17.7 Å². The smallest absolute Gasteiger partial charge is 0.358 e. The maximum absolute atomic E-state index is 12.7. The monoisotopic (exact) mass is 484 g/mol. The normalized spacial score (nSPS) is 15.0. The largest absolute Gasteiger partial charge is 0.464 e. The Balaban J connectivity index is 1.53. The van der Waals surface area contributed by atoms with Crippen molar-refractivity contribution in [1.29, 1.82) is 0 Å². The van der Waals surface area contributed by atoms with Crippen LogP contribution in [-0.2, 0) is 14.3 Å². The topological polar surface area (TPSA) is 126 Å². The number of aromatic nitrogens is 1.